The van der Waals surface area contributed by atoms with Crippen molar-refractivity contribution in [1.29, 1.82) is 0 Å². The number of piperidine rings is 1. The molecule has 274 valence electrons. The number of nitrogens with one attached hydrogen (secondary N) is 1. The molecular formula is C41H54N4O6. The highest BCUT2D eigenvalue weighted by Gasteiger charge is 2.37. The van der Waals surface area contributed by atoms with E-state index in [1.807, 2.05) is 86.6 Å². The Hall–Kier alpha value is -4.70. The second-order valence-electron chi connectivity index (χ2n) is 15.2. The van der Waals surface area contributed by atoms with Gasteiger partial charge in [0.2, 0.25) is 17.7 Å². The highest BCUT2D eigenvalue weighted by atomic mass is 16.6. The molecule has 51 heavy (non-hydrogen) atoms. The summed E-state index contributed by atoms with van der Waals surface area (Å²) in [6.45, 7) is 9.87. The molecule has 0 aromatic heterocycles. The van der Waals surface area contributed by atoms with E-state index in [2.05, 4.69) is 5.32 Å². The van der Waals surface area contributed by atoms with E-state index in [1.54, 1.807) is 45.8 Å². The summed E-state index contributed by atoms with van der Waals surface area (Å²) in [4.78, 5) is 59.5. The topological polar surface area (TPSA) is 119 Å². The van der Waals surface area contributed by atoms with Crippen molar-refractivity contribution in [2.75, 3.05) is 27.2 Å². The minimum Gasteiger partial charge on any atom is -0.444 e. The second-order valence-corrected chi connectivity index (χ2v) is 15.2. The Morgan fingerprint density at radius 3 is 2.10 bits per heavy atom. The van der Waals surface area contributed by atoms with Crippen LogP contribution in [-0.4, -0.2) is 100 Å². The molecular weight excluding hydrogens is 644 g/mol. The third-order valence-corrected chi connectivity index (χ3v) is 9.22. The van der Waals surface area contributed by atoms with Crippen LogP contribution in [0.4, 0.5) is 4.79 Å². The number of carbonyl (C=O) groups is 4. The second kappa shape index (κ2) is 17.0. The molecule has 4 rings (SSSR count). The number of benzene rings is 3. The third-order valence-electron chi connectivity index (χ3n) is 9.22. The zero-order valence-corrected chi connectivity index (χ0v) is 31.1. The van der Waals surface area contributed by atoms with Gasteiger partial charge in [0, 0.05) is 45.6 Å². The number of nitrogens with zero attached hydrogens (tertiary/aromatic N) is 3. The number of carbonyl (C=O) groups excluding carboxylic acids is 4. The number of aliphatic hydroxyl groups is 1. The number of likely N-dealkylation sites (tertiary alicyclic amines) is 1. The SMILES string of the molecule is CN(C(=O)/C=C/CC(C)(C)NC(=O)OC(C)(C)C)[C@H](Cc1ccc2ccccc2c1)C(=O)N(C)[C@H](Cc1ccccc1)C(=O)N1CCC(O)CC1. The number of alkyl carbamates (subject to hydrolysis) is 1. The molecule has 2 atom stereocenters. The minimum atomic E-state index is -0.921. The van der Waals surface area contributed by atoms with Crippen LogP contribution in [0.3, 0.4) is 0 Å². The number of hydrogen-bond donors (Lipinski definition) is 2. The Balaban J connectivity index is 1.60. The van der Waals surface area contributed by atoms with Gasteiger partial charge in [0.05, 0.1) is 6.10 Å². The predicted molar refractivity (Wildman–Crippen MR) is 200 cm³/mol. The fourth-order valence-corrected chi connectivity index (χ4v) is 6.25. The van der Waals surface area contributed by atoms with Crippen molar-refractivity contribution < 1.29 is 29.0 Å². The Kier molecular flexibility index (Phi) is 13.0. The maximum atomic E-state index is 14.6. The van der Waals surface area contributed by atoms with Gasteiger partial charge in [-0.05, 0) is 81.9 Å². The van der Waals surface area contributed by atoms with Gasteiger partial charge in [-0.2, -0.15) is 0 Å². The number of amides is 4. The van der Waals surface area contributed by atoms with Gasteiger partial charge in [0.15, 0.2) is 0 Å². The number of hydrogen-bond acceptors (Lipinski definition) is 6. The van der Waals surface area contributed by atoms with Crippen molar-refractivity contribution in [3.05, 3.63) is 96.1 Å². The maximum absolute atomic E-state index is 14.6. The monoisotopic (exact) mass is 698 g/mol. The fourth-order valence-electron chi connectivity index (χ4n) is 6.25. The minimum absolute atomic E-state index is 0.181. The highest BCUT2D eigenvalue weighted by Crippen LogP contribution is 2.22. The first kappa shape index (κ1) is 39.1. The van der Waals surface area contributed by atoms with Crippen LogP contribution in [0.2, 0.25) is 0 Å². The molecule has 0 bridgehead atoms. The van der Waals surface area contributed by atoms with Gasteiger partial charge in [-0.15, -0.1) is 0 Å². The number of ether oxygens (including phenoxy) is 1. The van der Waals surface area contributed by atoms with Crippen molar-refractivity contribution in [3.8, 4) is 0 Å². The summed E-state index contributed by atoms with van der Waals surface area (Å²) in [6.07, 6.45) is 3.97. The number of fused-ring (bicyclic) bond motifs is 1. The van der Waals surface area contributed by atoms with Crippen LogP contribution >= 0.6 is 0 Å². The largest absolute Gasteiger partial charge is 0.444 e. The summed E-state index contributed by atoms with van der Waals surface area (Å²) in [6, 6.07) is 21.8. The summed E-state index contributed by atoms with van der Waals surface area (Å²) in [5.41, 5.74) is 0.444. The van der Waals surface area contributed by atoms with E-state index < -0.39 is 35.4 Å². The summed E-state index contributed by atoms with van der Waals surface area (Å²) < 4.78 is 5.39. The van der Waals surface area contributed by atoms with Crippen molar-refractivity contribution in [3.63, 3.8) is 0 Å². The molecule has 0 unspecified atom stereocenters. The van der Waals surface area contributed by atoms with Crippen LogP contribution in [0.15, 0.2) is 84.9 Å². The summed E-state index contributed by atoms with van der Waals surface area (Å²) in [5.74, 6) is -0.920. The first-order chi connectivity index (χ1) is 24.0. The molecule has 0 aliphatic carbocycles. The molecule has 1 aliphatic heterocycles. The summed E-state index contributed by atoms with van der Waals surface area (Å²) in [5, 5.41) is 15.0. The van der Waals surface area contributed by atoms with Crippen molar-refractivity contribution in [2.24, 2.45) is 0 Å². The van der Waals surface area contributed by atoms with E-state index >= 15 is 0 Å². The van der Waals surface area contributed by atoms with E-state index in [0.29, 0.717) is 38.8 Å². The molecule has 3 aromatic carbocycles. The standard InChI is InChI=1S/C41H54N4O6/c1-40(2,3)51-39(50)42-41(4,5)23-13-18-36(47)43(6)34(28-30-19-20-31-16-11-12-17-32(31)26-30)37(48)44(7)35(27-29-14-9-8-10-15-29)38(49)45-24-21-33(46)22-25-45/h8-20,26,33-35,46H,21-25,27-28H2,1-7H3,(H,42,50)/b18-13+/t34-,35-/m1/s1. The molecule has 1 fully saturated rings. The zero-order chi connectivity index (χ0) is 37.3. The van der Waals surface area contributed by atoms with Crippen molar-refractivity contribution in [1.82, 2.24) is 20.0 Å². The number of rotatable bonds is 12. The van der Waals surface area contributed by atoms with Crippen LogP contribution in [0, 0.1) is 0 Å². The Labute approximate surface area is 302 Å². The average molecular weight is 699 g/mol. The molecule has 1 aliphatic rings. The highest BCUT2D eigenvalue weighted by molar-refractivity contribution is 5.95. The fraction of sp³-hybridized carbons (Fsp3) is 0.463. The molecule has 1 heterocycles. The van der Waals surface area contributed by atoms with Gasteiger partial charge in [0.1, 0.15) is 17.7 Å². The molecule has 1 saturated heterocycles. The van der Waals surface area contributed by atoms with Crippen LogP contribution in [0.25, 0.3) is 10.8 Å². The quantitative estimate of drug-likeness (QED) is 0.241. The average Bonchev–Trinajstić information content (AvgIpc) is 3.07. The molecule has 10 heteroatoms. The van der Waals surface area contributed by atoms with E-state index in [-0.39, 0.29) is 24.1 Å². The van der Waals surface area contributed by atoms with Crippen LogP contribution in [-0.2, 0) is 32.0 Å². The van der Waals surface area contributed by atoms with E-state index in [0.717, 1.165) is 21.9 Å². The van der Waals surface area contributed by atoms with Gasteiger partial charge in [-0.1, -0.05) is 78.9 Å². The molecule has 3 aromatic rings. The first-order valence-corrected chi connectivity index (χ1v) is 17.7. The van der Waals surface area contributed by atoms with Crippen LogP contribution < -0.4 is 5.32 Å². The van der Waals surface area contributed by atoms with Crippen LogP contribution in [0.1, 0.15) is 65.0 Å². The van der Waals surface area contributed by atoms with Crippen molar-refractivity contribution in [2.45, 2.75) is 96.1 Å². The predicted octanol–water partition coefficient (Wildman–Crippen LogP) is 5.51. The normalized spacial score (nSPS) is 15.3. The van der Waals surface area contributed by atoms with Gasteiger partial charge < -0.3 is 29.9 Å². The Morgan fingerprint density at radius 2 is 1.45 bits per heavy atom. The molecule has 0 saturated carbocycles. The molecule has 0 spiro atoms. The number of aliphatic hydroxyl groups excluding tert-OH is 1. The lowest BCUT2D eigenvalue weighted by molar-refractivity contribution is -0.150. The van der Waals surface area contributed by atoms with E-state index in [9.17, 15) is 24.3 Å². The molecule has 10 nitrogen and oxygen atoms in total. The van der Waals surface area contributed by atoms with Gasteiger partial charge >= 0.3 is 6.09 Å². The summed E-state index contributed by atoms with van der Waals surface area (Å²) in [7, 11) is 3.24. The smallest absolute Gasteiger partial charge is 0.408 e. The number of likely N-dealkylation sites (N-methyl/N-ethyl adjacent to an activating group) is 2. The summed E-state index contributed by atoms with van der Waals surface area (Å²) >= 11 is 0. The van der Waals surface area contributed by atoms with Gasteiger partial charge in [-0.3, -0.25) is 14.4 Å². The lowest BCUT2D eigenvalue weighted by atomic mass is 9.97. The molecule has 4 amide bonds. The van der Waals surface area contributed by atoms with Crippen LogP contribution in [0.5, 0.6) is 0 Å². The van der Waals surface area contributed by atoms with Crippen molar-refractivity contribution >= 4 is 34.6 Å². The third kappa shape index (κ3) is 11.4. The lowest BCUT2D eigenvalue weighted by Crippen LogP contribution is -2.57. The van der Waals surface area contributed by atoms with Gasteiger partial charge in [0.25, 0.3) is 0 Å². The maximum Gasteiger partial charge on any atom is 0.408 e. The molecule has 2 N–H and O–H groups in total. The first-order valence-electron chi connectivity index (χ1n) is 17.7. The zero-order valence-electron chi connectivity index (χ0n) is 31.1. The lowest BCUT2D eigenvalue weighted by Gasteiger charge is -2.38. The Morgan fingerprint density at radius 1 is 0.843 bits per heavy atom. The van der Waals surface area contributed by atoms with E-state index in [1.165, 1.54) is 15.9 Å². The van der Waals surface area contributed by atoms with Gasteiger partial charge in [-0.25, -0.2) is 4.79 Å². The van der Waals surface area contributed by atoms with E-state index in [4.69, 9.17) is 4.74 Å². The molecule has 0 radical (unpaired) electrons. The Bertz CT molecular complexity index is 1690.